The van der Waals surface area contributed by atoms with Gasteiger partial charge in [-0.25, -0.2) is 4.98 Å². The first kappa shape index (κ1) is 33.1. The minimum Gasteiger partial charge on any atom is -0.493 e. The number of likely N-dealkylation sites (N-methyl/N-ethyl adjacent to an activating group) is 1. The highest BCUT2D eigenvalue weighted by Gasteiger charge is 2.27. The number of methoxy groups -OCH3 is 3. The van der Waals surface area contributed by atoms with Gasteiger partial charge >= 0.3 is 0 Å². The van der Waals surface area contributed by atoms with E-state index in [1.54, 1.807) is 44.6 Å². The molecule has 1 fully saturated rings. The van der Waals surface area contributed by atoms with E-state index in [2.05, 4.69) is 28.1 Å². The van der Waals surface area contributed by atoms with Crippen LogP contribution in [0.3, 0.4) is 0 Å². The van der Waals surface area contributed by atoms with E-state index in [-0.39, 0.29) is 36.1 Å². The van der Waals surface area contributed by atoms with Crippen molar-refractivity contribution in [1.82, 2.24) is 24.7 Å². The van der Waals surface area contributed by atoms with Crippen LogP contribution < -0.4 is 30.0 Å². The van der Waals surface area contributed by atoms with Gasteiger partial charge in [-0.1, -0.05) is 13.0 Å². The summed E-state index contributed by atoms with van der Waals surface area (Å²) in [6.07, 6.45) is 4.12. The quantitative estimate of drug-likeness (QED) is 0.419. The number of benzene rings is 1. The maximum absolute atomic E-state index is 13.5. The topological polar surface area (TPSA) is 118 Å². The van der Waals surface area contributed by atoms with E-state index in [0.717, 1.165) is 54.8 Å². The molecule has 5 rings (SSSR count). The number of fused-ring (bicyclic) bond motifs is 5. The van der Waals surface area contributed by atoms with Crippen LogP contribution in [0.15, 0.2) is 41.3 Å². The molecule has 2 aliphatic heterocycles. The number of anilines is 1. The zero-order chi connectivity index (χ0) is 32.6. The molecule has 0 spiro atoms. The minimum atomic E-state index is -0.141. The fourth-order valence-corrected chi connectivity index (χ4v) is 6.45. The fraction of sp³-hybridized carbons (Fsp3) is 0.529. The Hall–Kier alpha value is -4.32. The van der Waals surface area contributed by atoms with Crippen molar-refractivity contribution in [1.29, 1.82) is 0 Å². The maximum Gasteiger partial charge on any atom is 0.250 e. The lowest BCUT2D eigenvalue weighted by molar-refractivity contribution is -0.132. The van der Waals surface area contributed by atoms with Crippen LogP contribution in [-0.2, 0) is 22.7 Å². The van der Waals surface area contributed by atoms with Gasteiger partial charge in [0.15, 0.2) is 11.5 Å². The monoisotopic (exact) mass is 634 g/mol. The Balaban J connectivity index is 1.48. The van der Waals surface area contributed by atoms with Crippen molar-refractivity contribution in [3.05, 3.63) is 52.4 Å². The highest BCUT2D eigenvalue weighted by molar-refractivity contribution is 5.92. The molecule has 1 atom stereocenters. The summed E-state index contributed by atoms with van der Waals surface area (Å²) in [5.74, 6) is 2.68. The lowest BCUT2D eigenvalue weighted by atomic mass is 9.97. The molecule has 2 amide bonds. The molecule has 3 aromatic rings. The average molecular weight is 635 g/mol. The predicted molar refractivity (Wildman–Crippen MR) is 177 cm³/mol. The van der Waals surface area contributed by atoms with E-state index in [0.29, 0.717) is 56.5 Å². The van der Waals surface area contributed by atoms with Crippen LogP contribution in [0.1, 0.15) is 38.2 Å². The van der Waals surface area contributed by atoms with Crippen molar-refractivity contribution in [3.63, 3.8) is 0 Å². The van der Waals surface area contributed by atoms with Gasteiger partial charge in [0.05, 0.1) is 26.8 Å². The number of hydrogen-bond acceptors (Lipinski definition) is 9. The first-order valence-corrected chi connectivity index (χ1v) is 16.1. The number of nitrogens with one attached hydrogen (secondary N) is 1. The maximum atomic E-state index is 13.5. The predicted octanol–water partition coefficient (Wildman–Crippen LogP) is 2.90. The molecule has 12 nitrogen and oxygen atoms in total. The van der Waals surface area contributed by atoms with E-state index in [9.17, 15) is 14.4 Å². The second kappa shape index (κ2) is 15.3. The molecule has 1 saturated heterocycles. The Labute approximate surface area is 270 Å². The Kier molecular flexibility index (Phi) is 11.0. The van der Waals surface area contributed by atoms with Crippen LogP contribution in [0.4, 0.5) is 5.82 Å². The molecule has 1 N–H and O–H groups in total. The van der Waals surface area contributed by atoms with Crippen molar-refractivity contribution >= 4 is 28.5 Å². The van der Waals surface area contributed by atoms with Gasteiger partial charge in [-0.05, 0) is 37.4 Å². The van der Waals surface area contributed by atoms with Crippen LogP contribution in [0.5, 0.6) is 17.2 Å². The second-order valence-corrected chi connectivity index (χ2v) is 11.9. The molecule has 46 heavy (non-hydrogen) atoms. The van der Waals surface area contributed by atoms with E-state index in [4.69, 9.17) is 19.2 Å². The third-order valence-electron chi connectivity index (χ3n) is 9.04. The SMILES string of the molecule is CCN1CCN(C(=O)CCn2ccccc2=O)CCC(=O)NCC2CCCN(C2)c2nc3cc(OC)c(OC)c(OC)c3cc2C1. The van der Waals surface area contributed by atoms with Gasteiger partial charge in [-0.3, -0.25) is 19.3 Å². The van der Waals surface area contributed by atoms with Crippen LogP contribution in [0, 0.1) is 5.92 Å². The summed E-state index contributed by atoms with van der Waals surface area (Å²) in [5.41, 5.74) is 1.66. The molecule has 2 aromatic heterocycles. The zero-order valence-electron chi connectivity index (χ0n) is 27.4. The van der Waals surface area contributed by atoms with Crippen molar-refractivity contribution in [2.45, 2.75) is 45.7 Å². The number of nitrogens with zero attached hydrogens (tertiary/aromatic N) is 5. The normalized spacial score (nSPS) is 18.3. The van der Waals surface area contributed by atoms with E-state index >= 15 is 0 Å². The highest BCUT2D eigenvalue weighted by Crippen LogP contribution is 2.44. The number of carbonyl (C=O) groups is 2. The van der Waals surface area contributed by atoms with Gasteiger partial charge in [-0.2, -0.15) is 0 Å². The minimum absolute atomic E-state index is 0.0610. The first-order valence-electron chi connectivity index (χ1n) is 16.1. The molecule has 248 valence electrons. The number of rotatable bonds is 7. The molecule has 0 saturated carbocycles. The van der Waals surface area contributed by atoms with Crippen LogP contribution in [-0.4, -0.2) is 98.3 Å². The molecule has 0 radical (unpaired) electrons. The first-order chi connectivity index (χ1) is 22.3. The largest absolute Gasteiger partial charge is 0.493 e. The number of aryl methyl sites for hydroxylation is 1. The molecule has 0 aliphatic carbocycles. The van der Waals surface area contributed by atoms with Crippen LogP contribution in [0.2, 0.25) is 0 Å². The average Bonchev–Trinajstić information content (AvgIpc) is 3.08. The molecule has 2 aliphatic rings. The van der Waals surface area contributed by atoms with Crippen molar-refractivity contribution in [2.24, 2.45) is 5.92 Å². The van der Waals surface area contributed by atoms with Crippen LogP contribution in [0.25, 0.3) is 10.9 Å². The number of pyridine rings is 2. The summed E-state index contributed by atoms with van der Waals surface area (Å²) < 4.78 is 18.7. The number of carbonyl (C=O) groups excluding carboxylic acids is 2. The van der Waals surface area contributed by atoms with Gasteiger partial charge in [0.25, 0.3) is 5.56 Å². The summed E-state index contributed by atoms with van der Waals surface area (Å²) >= 11 is 0. The lowest BCUT2D eigenvalue weighted by Crippen LogP contribution is -2.42. The molecule has 1 aromatic carbocycles. The van der Waals surface area contributed by atoms with Crippen molar-refractivity contribution < 1.29 is 23.8 Å². The van der Waals surface area contributed by atoms with Gasteiger partial charge < -0.3 is 33.9 Å². The third kappa shape index (κ3) is 7.55. The molecular weight excluding hydrogens is 588 g/mol. The Morgan fingerprint density at radius 2 is 1.85 bits per heavy atom. The van der Waals surface area contributed by atoms with Crippen molar-refractivity contribution in [2.75, 3.05) is 72.0 Å². The number of hydrogen-bond donors (Lipinski definition) is 1. The molecule has 4 heterocycles. The Morgan fingerprint density at radius 1 is 1.02 bits per heavy atom. The number of piperidine rings is 1. The number of amides is 2. The molecule has 1 unspecified atom stereocenters. The molecule has 12 heteroatoms. The third-order valence-corrected chi connectivity index (χ3v) is 9.04. The van der Waals surface area contributed by atoms with Crippen molar-refractivity contribution in [3.8, 4) is 17.2 Å². The van der Waals surface area contributed by atoms with Crippen LogP contribution >= 0.6 is 0 Å². The standard InChI is InChI=1S/C34H46N6O6/c1-5-37-17-18-39(31(43)12-16-38-13-7-6-10-30(38)42)15-11-29(41)35-21-24-9-8-14-40(22-24)34-25(23-37)19-26-27(36-34)20-28(44-2)33(46-4)32(26)45-3/h6-7,10,13,19-20,24H,5,8-9,11-12,14-18,21-23H2,1-4H3,(H,35,41). The van der Waals surface area contributed by atoms with Gasteiger partial charge in [-0.15, -0.1) is 0 Å². The highest BCUT2D eigenvalue weighted by atomic mass is 16.5. The summed E-state index contributed by atoms with van der Waals surface area (Å²) in [6, 6.07) is 8.99. The lowest BCUT2D eigenvalue weighted by Gasteiger charge is -2.35. The fourth-order valence-electron chi connectivity index (χ4n) is 6.45. The van der Waals surface area contributed by atoms with Gasteiger partial charge in [0.1, 0.15) is 5.82 Å². The van der Waals surface area contributed by atoms with E-state index < -0.39 is 0 Å². The number of ether oxygens (including phenoxy) is 3. The smallest absolute Gasteiger partial charge is 0.250 e. The zero-order valence-corrected chi connectivity index (χ0v) is 27.4. The summed E-state index contributed by atoms with van der Waals surface area (Å²) in [5, 5.41) is 3.96. The summed E-state index contributed by atoms with van der Waals surface area (Å²) in [7, 11) is 4.81. The second-order valence-electron chi connectivity index (χ2n) is 11.9. The van der Waals surface area contributed by atoms with Gasteiger partial charge in [0, 0.05) is 94.5 Å². The van der Waals surface area contributed by atoms with E-state index in [1.165, 1.54) is 10.6 Å². The Morgan fingerprint density at radius 3 is 2.59 bits per heavy atom. The summed E-state index contributed by atoms with van der Waals surface area (Å²) in [6.45, 7) is 7.39. The summed E-state index contributed by atoms with van der Waals surface area (Å²) in [4.78, 5) is 50.2. The van der Waals surface area contributed by atoms with Gasteiger partial charge in [0.2, 0.25) is 17.6 Å². The van der Waals surface area contributed by atoms with E-state index in [1.807, 2.05) is 6.07 Å². The Bertz CT molecular complexity index is 1590. The number of aromatic nitrogens is 2. The molecule has 2 bridgehead atoms. The molecular formula is C34H46N6O6.